The molecule has 0 spiro atoms. The van der Waals surface area contributed by atoms with Crippen molar-refractivity contribution in [3.63, 3.8) is 0 Å². The molecule has 5 heteroatoms. The summed E-state index contributed by atoms with van der Waals surface area (Å²) in [6.45, 7) is 1.78. The molecule has 0 aromatic heterocycles. The monoisotopic (exact) mass is 387 g/mol. The Morgan fingerprint density at radius 2 is 1.72 bits per heavy atom. The molecule has 1 unspecified atom stereocenters. The second-order valence-corrected chi connectivity index (χ2v) is 7.33. The van der Waals surface area contributed by atoms with Gasteiger partial charge in [0.05, 0.1) is 0 Å². The Balaban J connectivity index is 1.24. The van der Waals surface area contributed by atoms with Gasteiger partial charge in [0, 0.05) is 31.1 Å². The van der Waals surface area contributed by atoms with Gasteiger partial charge < -0.3 is 16.0 Å². The number of benzene rings is 3. The number of hydrogen-bond donors (Lipinski definition) is 3. The number of amides is 2. The van der Waals surface area contributed by atoms with Gasteiger partial charge in [0.2, 0.25) is 5.91 Å². The summed E-state index contributed by atoms with van der Waals surface area (Å²) in [6.07, 6.45) is 1.27. The quantitative estimate of drug-likeness (QED) is 0.609. The fraction of sp³-hybridized carbons (Fsp3) is 0.250. The molecule has 2 amide bonds. The number of hydrogen-bond acceptors (Lipinski definition) is 3. The standard InChI is InChI=1S/C24H25N3O2/c28-23(27-16-22-21-8-4-3-6-18(21)11-13-25-22)12-14-26-24(29)20-10-9-17-5-1-2-7-19(17)15-20/h1-10,15,22,25H,11-14,16H2,(H,26,29)(H,27,28). The number of rotatable bonds is 6. The number of carbonyl (C=O) groups excluding carboxylic acids is 2. The third-order valence-corrected chi connectivity index (χ3v) is 5.37. The minimum Gasteiger partial charge on any atom is -0.354 e. The van der Waals surface area contributed by atoms with E-state index in [-0.39, 0.29) is 24.3 Å². The van der Waals surface area contributed by atoms with Gasteiger partial charge in [-0.25, -0.2) is 0 Å². The van der Waals surface area contributed by atoms with E-state index in [4.69, 9.17) is 0 Å². The molecule has 0 radical (unpaired) electrons. The van der Waals surface area contributed by atoms with Crippen LogP contribution in [0.3, 0.4) is 0 Å². The van der Waals surface area contributed by atoms with E-state index in [0.29, 0.717) is 18.7 Å². The molecular formula is C24H25N3O2. The second-order valence-electron chi connectivity index (χ2n) is 7.33. The van der Waals surface area contributed by atoms with E-state index in [1.54, 1.807) is 0 Å². The maximum absolute atomic E-state index is 12.4. The summed E-state index contributed by atoms with van der Waals surface area (Å²) in [6, 6.07) is 22.0. The molecule has 3 N–H and O–H groups in total. The lowest BCUT2D eigenvalue weighted by atomic mass is 9.94. The van der Waals surface area contributed by atoms with Crippen LogP contribution in [0.1, 0.15) is 33.9 Å². The molecule has 5 nitrogen and oxygen atoms in total. The highest BCUT2D eigenvalue weighted by molar-refractivity contribution is 5.98. The van der Waals surface area contributed by atoms with Crippen molar-refractivity contribution < 1.29 is 9.59 Å². The molecular weight excluding hydrogens is 362 g/mol. The van der Waals surface area contributed by atoms with Crippen LogP contribution in [0, 0.1) is 0 Å². The molecule has 0 saturated heterocycles. The maximum Gasteiger partial charge on any atom is 0.251 e. The molecule has 148 valence electrons. The van der Waals surface area contributed by atoms with Crippen LogP contribution >= 0.6 is 0 Å². The summed E-state index contributed by atoms with van der Waals surface area (Å²) in [5, 5.41) is 11.4. The first-order valence-electron chi connectivity index (χ1n) is 10.1. The smallest absolute Gasteiger partial charge is 0.251 e. The van der Waals surface area contributed by atoms with Crippen LogP contribution in [0.2, 0.25) is 0 Å². The fourth-order valence-electron chi connectivity index (χ4n) is 3.80. The predicted molar refractivity (Wildman–Crippen MR) is 115 cm³/mol. The van der Waals surface area contributed by atoms with Crippen molar-refractivity contribution in [1.29, 1.82) is 0 Å². The second kappa shape index (κ2) is 8.88. The minimum atomic E-state index is -0.161. The van der Waals surface area contributed by atoms with Crippen molar-refractivity contribution in [2.24, 2.45) is 0 Å². The highest BCUT2D eigenvalue weighted by atomic mass is 16.2. The van der Waals surface area contributed by atoms with E-state index in [1.807, 2.05) is 48.5 Å². The first-order chi connectivity index (χ1) is 14.2. The summed E-state index contributed by atoms with van der Waals surface area (Å²) in [4.78, 5) is 24.6. The molecule has 1 aliphatic rings. The fourth-order valence-corrected chi connectivity index (χ4v) is 3.80. The average Bonchev–Trinajstić information content (AvgIpc) is 2.77. The molecule has 0 fully saturated rings. The van der Waals surface area contributed by atoms with E-state index in [0.717, 1.165) is 23.7 Å². The van der Waals surface area contributed by atoms with Crippen LogP contribution in [0.15, 0.2) is 66.7 Å². The van der Waals surface area contributed by atoms with Crippen molar-refractivity contribution in [3.8, 4) is 0 Å². The summed E-state index contributed by atoms with van der Waals surface area (Å²) < 4.78 is 0. The van der Waals surface area contributed by atoms with Gasteiger partial charge in [0.15, 0.2) is 0 Å². The van der Waals surface area contributed by atoms with Crippen LogP contribution in [0.5, 0.6) is 0 Å². The van der Waals surface area contributed by atoms with E-state index in [2.05, 4.69) is 34.1 Å². The summed E-state index contributed by atoms with van der Waals surface area (Å²) in [5.41, 5.74) is 3.20. The third-order valence-electron chi connectivity index (χ3n) is 5.37. The lowest BCUT2D eigenvalue weighted by Gasteiger charge is -2.27. The van der Waals surface area contributed by atoms with Crippen molar-refractivity contribution in [2.45, 2.75) is 18.9 Å². The van der Waals surface area contributed by atoms with Gasteiger partial charge in [-0.05, 0) is 47.0 Å². The lowest BCUT2D eigenvalue weighted by molar-refractivity contribution is -0.121. The molecule has 1 aliphatic heterocycles. The van der Waals surface area contributed by atoms with Crippen molar-refractivity contribution in [3.05, 3.63) is 83.4 Å². The minimum absolute atomic E-state index is 0.0614. The molecule has 3 aromatic rings. The van der Waals surface area contributed by atoms with Gasteiger partial charge in [0.1, 0.15) is 0 Å². The number of nitrogens with one attached hydrogen (secondary N) is 3. The maximum atomic E-state index is 12.4. The summed E-state index contributed by atoms with van der Waals surface area (Å²) >= 11 is 0. The van der Waals surface area contributed by atoms with E-state index in [1.165, 1.54) is 11.1 Å². The average molecular weight is 387 g/mol. The van der Waals surface area contributed by atoms with Gasteiger partial charge in [-0.1, -0.05) is 54.6 Å². The van der Waals surface area contributed by atoms with Crippen LogP contribution in [0.4, 0.5) is 0 Å². The topological polar surface area (TPSA) is 70.2 Å². The first kappa shape index (κ1) is 19.2. The van der Waals surface area contributed by atoms with Crippen molar-refractivity contribution in [2.75, 3.05) is 19.6 Å². The molecule has 1 atom stereocenters. The SMILES string of the molecule is O=C(CCNC(=O)c1ccc2ccccc2c1)NCC1NCCc2ccccc21. The normalized spacial score (nSPS) is 15.5. The zero-order valence-corrected chi connectivity index (χ0v) is 16.3. The molecule has 29 heavy (non-hydrogen) atoms. The Hall–Kier alpha value is -3.18. The van der Waals surface area contributed by atoms with Crippen LogP contribution < -0.4 is 16.0 Å². The lowest BCUT2D eigenvalue weighted by Crippen LogP contribution is -2.39. The highest BCUT2D eigenvalue weighted by Crippen LogP contribution is 2.21. The molecule has 0 aliphatic carbocycles. The number of fused-ring (bicyclic) bond motifs is 2. The highest BCUT2D eigenvalue weighted by Gasteiger charge is 2.19. The Bertz CT molecular complexity index is 1030. The molecule has 4 rings (SSSR count). The summed E-state index contributed by atoms with van der Waals surface area (Å²) in [5.74, 6) is -0.222. The number of carbonyl (C=O) groups is 2. The van der Waals surface area contributed by atoms with Gasteiger partial charge >= 0.3 is 0 Å². The Morgan fingerprint density at radius 1 is 0.931 bits per heavy atom. The first-order valence-corrected chi connectivity index (χ1v) is 10.1. The van der Waals surface area contributed by atoms with Gasteiger partial charge in [-0.3, -0.25) is 9.59 Å². The zero-order chi connectivity index (χ0) is 20.1. The van der Waals surface area contributed by atoms with E-state index < -0.39 is 0 Å². The largest absolute Gasteiger partial charge is 0.354 e. The van der Waals surface area contributed by atoms with Gasteiger partial charge in [-0.2, -0.15) is 0 Å². The predicted octanol–water partition coefficient (Wildman–Crippen LogP) is 2.96. The molecule has 3 aromatic carbocycles. The summed E-state index contributed by atoms with van der Waals surface area (Å²) in [7, 11) is 0. The Kier molecular flexibility index (Phi) is 5.86. The van der Waals surface area contributed by atoms with Crippen LogP contribution in [-0.4, -0.2) is 31.4 Å². The molecule has 1 heterocycles. The third kappa shape index (κ3) is 4.63. The van der Waals surface area contributed by atoms with Crippen molar-refractivity contribution >= 4 is 22.6 Å². The van der Waals surface area contributed by atoms with E-state index in [9.17, 15) is 9.59 Å². The van der Waals surface area contributed by atoms with Crippen molar-refractivity contribution in [1.82, 2.24) is 16.0 Å². The van der Waals surface area contributed by atoms with E-state index >= 15 is 0 Å². The Labute approximate surface area is 170 Å². The zero-order valence-electron chi connectivity index (χ0n) is 16.3. The van der Waals surface area contributed by atoms with Crippen LogP contribution in [0.25, 0.3) is 10.8 Å². The van der Waals surface area contributed by atoms with Gasteiger partial charge in [0.25, 0.3) is 5.91 Å². The molecule has 0 saturated carbocycles. The van der Waals surface area contributed by atoms with Gasteiger partial charge in [-0.15, -0.1) is 0 Å². The molecule has 0 bridgehead atoms. The van der Waals surface area contributed by atoms with Crippen LogP contribution in [-0.2, 0) is 11.2 Å². The Morgan fingerprint density at radius 3 is 2.62 bits per heavy atom.